The molecule has 0 aromatic rings. The van der Waals surface area contributed by atoms with Gasteiger partial charge in [-0.15, -0.1) is 0 Å². The Morgan fingerprint density at radius 3 is 2.41 bits per heavy atom. The summed E-state index contributed by atoms with van der Waals surface area (Å²) in [6.45, 7) is 9.90. The molecule has 0 saturated heterocycles. The maximum atomic E-state index is 13.8. The highest BCUT2D eigenvalue weighted by atomic mass is 16.5. The lowest BCUT2D eigenvalue weighted by atomic mass is 9.39. The van der Waals surface area contributed by atoms with Crippen LogP contribution in [0, 0.1) is 33.5 Å². The van der Waals surface area contributed by atoms with Crippen LogP contribution in [0.15, 0.2) is 12.2 Å². The van der Waals surface area contributed by atoms with Crippen molar-refractivity contribution < 1.29 is 23.9 Å². The molecule has 160 valence electrons. The van der Waals surface area contributed by atoms with Crippen LogP contribution in [-0.4, -0.2) is 30.4 Å². The van der Waals surface area contributed by atoms with Gasteiger partial charge in [-0.05, 0) is 42.9 Å². The molecule has 0 N–H and O–H groups in total. The summed E-state index contributed by atoms with van der Waals surface area (Å²) < 4.78 is 11.3. The summed E-state index contributed by atoms with van der Waals surface area (Å²) in [4.78, 5) is 37.3. The first kappa shape index (κ1) is 20.6. The first-order valence-corrected chi connectivity index (χ1v) is 11.0. The van der Waals surface area contributed by atoms with Crippen LogP contribution < -0.4 is 0 Å². The van der Waals surface area contributed by atoms with E-state index < -0.39 is 11.5 Å². The minimum atomic E-state index is -0.705. The van der Waals surface area contributed by atoms with Crippen molar-refractivity contribution in [2.24, 2.45) is 33.5 Å². The van der Waals surface area contributed by atoms with Crippen molar-refractivity contribution in [1.29, 1.82) is 0 Å². The molecule has 7 atom stereocenters. The lowest BCUT2D eigenvalue weighted by Crippen LogP contribution is -2.66. The van der Waals surface area contributed by atoms with E-state index in [9.17, 15) is 14.4 Å². The van der Waals surface area contributed by atoms with Gasteiger partial charge in [0.2, 0.25) is 0 Å². The van der Waals surface area contributed by atoms with Crippen LogP contribution in [0.1, 0.15) is 73.1 Å². The quantitative estimate of drug-likeness (QED) is 0.522. The number of carbonyl (C=O) groups excluding carboxylic acids is 3. The standard InChI is InChI=1S/C24H34O5/c1-15(25)28-14-22(4)8-6-9-23(5)17-7-10-21(3)11-12-24(17,19(27)13-18(22)23)20(21)29-16(2)26/h11-12,17-18,20H,6-10,13-14H2,1-5H3/t17-,18+,20-,21+,22+,23-,24+/m0/s1. The van der Waals surface area contributed by atoms with E-state index in [2.05, 4.69) is 32.9 Å². The number of rotatable bonds is 3. The second-order valence-corrected chi connectivity index (χ2v) is 10.8. The summed E-state index contributed by atoms with van der Waals surface area (Å²) in [5, 5.41) is 0. The summed E-state index contributed by atoms with van der Waals surface area (Å²) in [6, 6.07) is 0. The number of hydrogen-bond donors (Lipinski definition) is 0. The van der Waals surface area contributed by atoms with Gasteiger partial charge in [-0.3, -0.25) is 14.4 Å². The smallest absolute Gasteiger partial charge is 0.302 e. The molecule has 0 radical (unpaired) electrons. The van der Waals surface area contributed by atoms with Crippen molar-refractivity contribution in [1.82, 2.24) is 0 Å². The highest BCUT2D eigenvalue weighted by molar-refractivity contribution is 5.91. The van der Waals surface area contributed by atoms with Gasteiger partial charge in [0.05, 0.1) is 12.0 Å². The fourth-order valence-corrected chi connectivity index (χ4v) is 7.68. The van der Waals surface area contributed by atoms with Gasteiger partial charge in [0.15, 0.2) is 0 Å². The lowest BCUT2D eigenvalue weighted by molar-refractivity contribution is -0.206. The number of esters is 2. The molecular formula is C24H34O5. The summed E-state index contributed by atoms with van der Waals surface area (Å²) >= 11 is 0. The van der Waals surface area contributed by atoms with E-state index in [4.69, 9.17) is 9.47 Å². The van der Waals surface area contributed by atoms with Crippen LogP contribution in [0.4, 0.5) is 0 Å². The Bertz CT molecular complexity index is 786. The van der Waals surface area contributed by atoms with Crippen molar-refractivity contribution in [3.8, 4) is 0 Å². The van der Waals surface area contributed by atoms with Crippen molar-refractivity contribution in [3.05, 3.63) is 12.2 Å². The van der Waals surface area contributed by atoms with Gasteiger partial charge in [-0.1, -0.05) is 39.3 Å². The minimum Gasteiger partial charge on any atom is -0.465 e. The maximum Gasteiger partial charge on any atom is 0.302 e. The predicted molar refractivity (Wildman–Crippen MR) is 108 cm³/mol. The van der Waals surface area contributed by atoms with Gasteiger partial charge in [-0.25, -0.2) is 0 Å². The molecule has 0 unspecified atom stereocenters. The fraction of sp³-hybridized carbons (Fsp3) is 0.792. The zero-order valence-corrected chi connectivity index (χ0v) is 18.4. The highest BCUT2D eigenvalue weighted by Gasteiger charge is 2.71. The second-order valence-electron chi connectivity index (χ2n) is 10.8. The van der Waals surface area contributed by atoms with E-state index in [0.717, 1.165) is 32.1 Å². The fourth-order valence-electron chi connectivity index (χ4n) is 7.68. The molecule has 5 heteroatoms. The van der Waals surface area contributed by atoms with Gasteiger partial charge in [-0.2, -0.15) is 0 Å². The topological polar surface area (TPSA) is 69.7 Å². The third-order valence-electron chi connectivity index (χ3n) is 8.98. The van der Waals surface area contributed by atoms with Crippen LogP contribution >= 0.6 is 0 Å². The summed E-state index contributed by atoms with van der Waals surface area (Å²) in [7, 11) is 0. The monoisotopic (exact) mass is 402 g/mol. The van der Waals surface area contributed by atoms with E-state index in [1.54, 1.807) is 0 Å². The number of hydrogen-bond acceptors (Lipinski definition) is 5. The molecular weight excluding hydrogens is 368 g/mol. The van der Waals surface area contributed by atoms with Crippen molar-refractivity contribution >= 4 is 17.7 Å². The third-order valence-corrected chi connectivity index (χ3v) is 8.98. The molecule has 0 aromatic heterocycles. The molecule has 2 bridgehead atoms. The van der Waals surface area contributed by atoms with Crippen LogP contribution in [-0.2, 0) is 23.9 Å². The molecule has 1 spiro atoms. The van der Waals surface area contributed by atoms with E-state index in [1.165, 1.54) is 13.8 Å². The number of ketones is 1. The Morgan fingerprint density at radius 2 is 1.76 bits per heavy atom. The van der Waals surface area contributed by atoms with Gasteiger partial charge >= 0.3 is 11.9 Å². The van der Waals surface area contributed by atoms with Crippen LogP contribution in [0.5, 0.6) is 0 Å². The highest BCUT2D eigenvalue weighted by Crippen LogP contribution is 2.71. The molecule has 0 heterocycles. The van der Waals surface area contributed by atoms with E-state index in [1.807, 2.05) is 0 Å². The Balaban J connectivity index is 1.76. The van der Waals surface area contributed by atoms with Gasteiger partial charge in [0.25, 0.3) is 0 Å². The average molecular weight is 403 g/mol. The van der Waals surface area contributed by atoms with Crippen molar-refractivity contribution in [2.45, 2.75) is 79.2 Å². The zero-order chi connectivity index (χ0) is 21.2. The molecule has 3 saturated carbocycles. The Morgan fingerprint density at radius 1 is 1.03 bits per heavy atom. The molecule has 0 amide bonds. The van der Waals surface area contributed by atoms with Crippen molar-refractivity contribution in [2.75, 3.05) is 6.61 Å². The van der Waals surface area contributed by atoms with Crippen LogP contribution in [0.25, 0.3) is 0 Å². The van der Waals surface area contributed by atoms with Crippen LogP contribution in [0.3, 0.4) is 0 Å². The number of Topliss-reactive ketones (excluding diaryl/α,β-unsaturated/α-hetero) is 1. The van der Waals surface area contributed by atoms with Gasteiger partial charge in [0, 0.05) is 31.1 Å². The second kappa shape index (κ2) is 6.42. The third kappa shape index (κ3) is 2.75. The Kier molecular flexibility index (Phi) is 4.57. The molecule has 29 heavy (non-hydrogen) atoms. The average Bonchev–Trinajstić information content (AvgIpc) is 2.79. The molecule has 4 rings (SSSR count). The summed E-state index contributed by atoms with van der Waals surface area (Å²) in [5.41, 5.74) is -1.22. The van der Waals surface area contributed by atoms with Crippen LogP contribution in [0.2, 0.25) is 0 Å². The number of fused-ring (bicyclic) bond motifs is 3. The maximum absolute atomic E-state index is 13.8. The molecule has 4 aliphatic rings. The summed E-state index contributed by atoms with van der Waals surface area (Å²) in [5.74, 6) is -0.0589. The van der Waals surface area contributed by atoms with E-state index in [0.29, 0.717) is 13.0 Å². The summed E-state index contributed by atoms with van der Waals surface area (Å²) in [6.07, 6.45) is 9.27. The van der Waals surface area contributed by atoms with Gasteiger partial charge < -0.3 is 9.47 Å². The molecule has 0 aromatic carbocycles. The largest absolute Gasteiger partial charge is 0.465 e. The molecule has 3 fully saturated rings. The normalized spacial score (nSPS) is 47.9. The predicted octanol–water partition coefficient (Wildman–Crippen LogP) is 4.24. The Labute approximate surface area is 173 Å². The molecule has 5 nitrogen and oxygen atoms in total. The van der Waals surface area contributed by atoms with E-state index >= 15 is 0 Å². The number of carbonyl (C=O) groups is 3. The first-order valence-electron chi connectivity index (χ1n) is 11.0. The van der Waals surface area contributed by atoms with Gasteiger partial charge in [0.1, 0.15) is 11.9 Å². The van der Waals surface area contributed by atoms with Crippen molar-refractivity contribution in [3.63, 3.8) is 0 Å². The molecule has 4 aliphatic carbocycles. The SMILES string of the molecule is CC(=O)OC[C@@]1(C)CCC[C@]2(C)[C@@H]1CC(=O)[C@@]13C=C[C@@](C)(CC[C@@H]21)[C@@H]3OC(C)=O. The lowest BCUT2D eigenvalue weighted by Gasteiger charge is -2.64. The Hall–Kier alpha value is -1.65. The zero-order valence-electron chi connectivity index (χ0n) is 18.4. The minimum absolute atomic E-state index is 0.0462. The molecule has 0 aliphatic heterocycles. The van der Waals surface area contributed by atoms with E-state index in [-0.39, 0.29) is 45.8 Å². The first-order chi connectivity index (χ1) is 13.5. The number of ether oxygens (including phenoxy) is 2.